The molecule has 0 unspecified atom stereocenters. The Bertz CT molecular complexity index is 1760. The summed E-state index contributed by atoms with van der Waals surface area (Å²) in [4.78, 5) is 14.0. The third-order valence-electron chi connectivity index (χ3n) is 18.8. The average molecular weight is 929 g/mol. The number of hydrogen-bond donors (Lipinski definition) is 10. The van der Waals surface area contributed by atoms with Crippen molar-refractivity contribution in [3.05, 3.63) is 11.6 Å². The zero-order chi connectivity index (χ0) is 47.5. The van der Waals surface area contributed by atoms with Crippen LogP contribution in [-0.4, -0.2) is 181 Å². The van der Waals surface area contributed by atoms with Crippen molar-refractivity contribution in [2.45, 2.75) is 217 Å². The highest BCUT2D eigenvalue weighted by Gasteiger charge is 2.69. The van der Waals surface area contributed by atoms with Crippen LogP contribution in [0.3, 0.4) is 0 Å². The molecule has 0 aromatic carbocycles. The van der Waals surface area contributed by atoms with Crippen molar-refractivity contribution in [1.29, 1.82) is 0 Å². The molecule has 18 nitrogen and oxygen atoms in total. The maximum Gasteiger partial charge on any atom is 0.316 e. The molecule has 25 atom stereocenters. The van der Waals surface area contributed by atoms with Crippen molar-refractivity contribution >= 4 is 5.97 Å². The molecule has 0 bridgehead atoms. The van der Waals surface area contributed by atoms with Crippen molar-refractivity contribution in [3.8, 4) is 0 Å². The van der Waals surface area contributed by atoms with Gasteiger partial charge in [-0.1, -0.05) is 47.6 Å². The molecule has 4 saturated heterocycles. The summed E-state index contributed by atoms with van der Waals surface area (Å²) in [6, 6.07) is 0. The number of hydrogen-bond acceptors (Lipinski definition) is 18. The van der Waals surface area contributed by atoms with Crippen molar-refractivity contribution in [2.24, 2.45) is 44.8 Å². The summed E-state index contributed by atoms with van der Waals surface area (Å²) in [5.74, 6) is -0.429. The van der Waals surface area contributed by atoms with Crippen molar-refractivity contribution in [3.63, 3.8) is 0 Å². The fourth-order valence-electron chi connectivity index (χ4n) is 14.2. The highest BCUT2D eigenvalue weighted by atomic mass is 16.8. The number of aliphatic hydroxyl groups excluding tert-OH is 10. The van der Waals surface area contributed by atoms with Crippen LogP contribution in [0.15, 0.2) is 11.6 Å². The zero-order valence-corrected chi connectivity index (χ0v) is 39.0. The Labute approximate surface area is 381 Å². The molecule has 8 rings (SSSR count). The first-order valence-corrected chi connectivity index (χ1v) is 23.9. The molecule has 3 saturated carbocycles. The van der Waals surface area contributed by atoms with Crippen LogP contribution >= 0.6 is 0 Å². The molecule has 0 radical (unpaired) electrons. The van der Waals surface area contributed by atoms with Crippen LogP contribution in [0.25, 0.3) is 0 Å². The number of rotatable bonds is 9. The van der Waals surface area contributed by atoms with Gasteiger partial charge in [0.05, 0.1) is 43.0 Å². The number of ether oxygens (including phenoxy) is 7. The van der Waals surface area contributed by atoms with Gasteiger partial charge in [0.2, 0.25) is 0 Å². The van der Waals surface area contributed by atoms with Gasteiger partial charge in [0, 0.05) is 12.3 Å². The van der Waals surface area contributed by atoms with Gasteiger partial charge in [0.15, 0.2) is 18.9 Å². The third-order valence-corrected chi connectivity index (χ3v) is 18.8. The molecule has 8 aliphatic rings. The molecule has 0 amide bonds. The third kappa shape index (κ3) is 7.98. The first-order chi connectivity index (χ1) is 30.3. The summed E-state index contributed by atoms with van der Waals surface area (Å²) < 4.78 is 42.1. The lowest BCUT2D eigenvalue weighted by Crippen LogP contribution is -2.66. The van der Waals surface area contributed by atoms with E-state index in [9.17, 15) is 55.9 Å². The number of fused-ring (bicyclic) bond motifs is 5. The van der Waals surface area contributed by atoms with Crippen LogP contribution in [0.5, 0.6) is 0 Å². The number of carbonyl (C=O) groups excluding carboxylic acids is 1. The van der Waals surface area contributed by atoms with E-state index in [4.69, 9.17) is 33.2 Å². The molecular formula is C47H76O18. The van der Waals surface area contributed by atoms with Crippen molar-refractivity contribution < 1.29 is 89.0 Å². The summed E-state index contributed by atoms with van der Waals surface area (Å²) in [5.41, 5.74) is -1.33. The second-order valence-electron chi connectivity index (χ2n) is 22.5. The Balaban J connectivity index is 0.966. The lowest BCUT2D eigenvalue weighted by Gasteiger charge is -2.71. The Morgan fingerprint density at radius 2 is 1.43 bits per heavy atom. The van der Waals surface area contributed by atoms with E-state index in [1.165, 1.54) is 6.92 Å². The monoisotopic (exact) mass is 929 g/mol. The highest BCUT2D eigenvalue weighted by molar-refractivity contribution is 5.82. The standard InChI is InChI=1S/C47H76O18/c1-20(21(2)60-39-37(57)35(55)33(53)27(18-48)62-39)26-17-47(42(58)63-26)14-13-45(7)23(16-47)24(49)15-29-44(6)11-10-30(43(4,5)28(44)9-12-46(29,45)8)64-41-38(32(52)25(50)19-59-41)65-40-36(56)34(54)31(51)22(3)61-40/h16,20-22,24-41,48-57H,9-15,17-19H2,1-8H3/t20-,21+,22-,24+,25+,26+,27+,28-,29+,30-,31-,32-,33+,34+,35-,36+,37+,38+,39+,40-,41-,44-,45+,46+,47-/m0/s1. The van der Waals surface area contributed by atoms with Crippen LogP contribution in [0.2, 0.25) is 0 Å². The first-order valence-electron chi connectivity index (χ1n) is 23.9. The summed E-state index contributed by atoms with van der Waals surface area (Å²) in [5, 5.41) is 106. The minimum atomic E-state index is -1.63. The van der Waals surface area contributed by atoms with E-state index in [0.29, 0.717) is 32.1 Å². The molecular weight excluding hydrogens is 852 g/mol. The molecule has 4 aliphatic carbocycles. The molecule has 4 heterocycles. The number of cyclic esters (lactones) is 1. The minimum absolute atomic E-state index is 0.122. The van der Waals surface area contributed by atoms with Crippen LogP contribution in [0.4, 0.5) is 0 Å². The van der Waals surface area contributed by atoms with Gasteiger partial charge in [-0.05, 0) is 97.9 Å². The van der Waals surface area contributed by atoms with E-state index in [-0.39, 0.29) is 47.3 Å². The van der Waals surface area contributed by atoms with E-state index in [0.717, 1.165) is 24.8 Å². The van der Waals surface area contributed by atoms with Gasteiger partial charge in [0.25, 0.3) is 0 Å². The number of aliphatic hydroxyl groups is 10. The van der Waals surface area contributed by atoms with Gasteiger partial charge in [-0.15, -0.1) is 0 Å². The van der Waals surface area contributed by atoms with Gasteiger partial charge in [-0.2, -0.15) is 0 Å². The molecule has 1 spiro atoms. The van der Waals surface area contributed by atoms with Crippen LogP contribution in [0, 0.1) is 44.8 Å². The smallest absolute Gasteiger partial charge is 0.316 e. The Hall–Kier alpha value is -1.43. The number of esters is 1. The SMILES string of the molecule is C[C@@H]([C@@H](C)O[C@@H]1O[C@H](CO)[C@@H](O)[C@H](O)[C@H]1O)[C@H]1C[C@]2(C=C3[C@H](O)C[C@@H]4[C@@]5(C)CC[C@H](O[C@@H]6OC[C@@H](O)[C@H](O)[C@H]6O[C@@H]6O[C@@H](C)[C@H](O)[C@@H](O)[C@H]6O)C(C)(C)[C@@H]5CC[C@@]4(C)[C@]3(C)CC2)C(=O)O1. The summed E-state index contributed by atoms with van der Waals surface area (Å²) in [6.07, 6.45) is -14.2. The second kappa shape index (κ2) is 17.8. The second-order valence-corrected chi connectivity index (χ2v) is 22.5. The highest BCUT2D eigenvalue weighted by Crippen LogP contribution is 2.74. The number of carbonyl (C=O) groups is 1. The minimum Gasteiger partial charge on any atom is -0.461 e. The Morgan fingerprint density at radius 1 is 0.754 bits per heavy atom. The first kappa shape index (κ1) is 50.0. The predicted molar refractivity (Wildman–Crippen MR) is 226 cm³/mol. The molecule has 18 heteroatoms. The topological polar surface area (TPSA) is 284 Å². The molecule has 0 aromatic heterocycles. The largest absolute Gasteiger partial charge is 0.461 e. The van der Waals surface area contributed by atoms with Gasteiger partial charge in [-0.3, -0.25) is 4.79 Å². The molecule has 7 fully saturated rings. The summed E-state index contributed by atoms with van der Waals surface area (Å²) >= 11 is 0. The van der Waals surface area contributed by atoms with Gasteiger partial charge < -0.3 is 84.2 Å². The van der Waals surface area contributed by atoms with Crippen molar-refractivity contribution in [1.82, 2.24) is 0 Å². The molecule has 4 aliphatic heterocycles. The van der Waals surface area contributed by atoms with Gasteiger partial charge in [0.1, 0.15) is 67.1 Å². The lowest BCUT2D eigenvalue weighted by atomic mass is 9.34. The van der Waals surface area contributed by atoms with Crippen LogP contribution < -0.4 is 0 Å². The zero-order valence-electron chi connectivity index (χ0n) is 39.0. The maximum atomic E-state index is 14.0. The molecule has 10 N–H and O–H groups in total. The fraction of sp³-hybridized carbons (Fsp3) is 0.936. The molecule has 372 valence electrons. The Morgan fingerprint density at radius 3 is 2.12 bits per heavy atom. The normalized spacial score (nSPS) is 54.2. The predicted octanol–water partition coefficient (Wildman–Crippen LogP) is 0.155. The van der Waals surface area contributed by atoms with E-state index < -0.39 is 127 Å². The fourth-order valence-corrected chi connectivity index (χ4v) is 14.2. The van der Waals surface area contributed by atoms with E-state index in [2.05, 4.69) is 34.6 Å². The molecule has 0 aromatic rings. The van der Waals surface area contributed by atoms with E-state index in [1.807, 2.05) is 13.0 Å². The Kier molecular flexibility index (Phi) is 13.7. The van der Waals surface area contributed by atoms with Gasteiger partial charge in [-0.25, -0.2) is 0 Å². The quantitative estimate of drug-likeness (QED) is 0.0837. The van der Waals surface area contributed by atoms with E-state index >= 15 is 0 Å². The van der Waals surface area contributed by atoms with Crippen LogP contribution in [-0.2, 0) is 38.0 Å². The summed E-state index contributed by atoms with van der Waals surface area (Å²) in [7, 11) is 0. The van der Waals surface area contributed by atoms with Crippen molar-refractivity contribution in [2.75, 3.05) is 13.2 Å². The van der Waals surface area contributed by atoms with Gasteiger partial charge >= 0.3 is 5.97 Å². The lowest BCUT2D eigenvalue weighted by molar-refractivity contribution is -0.364. The average Bonchev–Trinajstić information content (AvgIpc) is 3.58. The molecule has 65 heavy (non-hydrogen) atoms. The van der Waals surface area contributed by atoms with E-state index in [1.54, 1.807) is 6.92 Å². The summed E-state index contributed by atoms with van der Waals surface area (Å²) in [6.45, 7) is 15.7. The maximum absolute atomic E-state index is 14.0. The van der Waals surface area contributed by atoms with Crippen LogP contribution in [0.1, 0.15) is 107 Å².